The van der Waals surface area contributed by atoms with Crippen molar-refractivity contribution in [2.24, 2.45) is 0 Å². The van der Waals surface area contributed by atoms with E-state index in [4.69, 9.17) is 9.47 Å². The molecule has 1 rings (SSSR count). The van der Waals surface area contributed by atoms with Crippen molar-refractivity contribution in [2.45, 2.75) is 39.8 Å². The molecule has 4 heteroatoms. The fraction of sp³-hybridized carbons (Fsp3) is 0.600. The van der Waals surface area contributed by atoms with Crippen LogP contribution in [-0.2, 0) is 4.74 Å². The van der Waals surface area contributed by atoms with Gasteiger partial charge in [-0.25, -0.2) is 0 Å². The van der Waals surface area contributed by atoms with E-state index in [9.17, 15) is 0 Å². The average Bonchev–Trinajstić information content (AvgIpc) is 2.39. The molecule has 0 aromatic heterocycles. The highest BCUT2D eigenvalue weighted by Gasteiger charge is 2.10. The summed E-state index contributed by atoms with van der Waals surface area (Å²) >= 11 is 3.57. The molecular formula is C15H24BrNO2. The molecule has 1 aromatic rings. The van der Waals surface area contributed by atoms with Crippen LogP contribution in [0.4, 0.5) is 0 Å². The molecule has 0 aliphatic heterocycles. The average molecular weight is 330 g/mol. The number of halogens is 1. The first-order valence-electron chi connectivity index (χ1n) is 6.85. The minimum atomic E-state index is 0.0493. The predicted octanol–water partition coefficient (Wildman–Crippen LogP) is 3.92. The SMILES string of the molecule is CCNC(C)c1ccc(OC(C)COCC)c(Br)c1. The molecule has 0 radical (unpaired) electrons. The van der Waals surface area contributed by atoms with Crippen molar-refractivity contribution in [3.63, 3.8) is 0 Å². The molecule has 0 amide bonds. The van der Waals surface area contributed by atoms with Crippen LogP contribution in [0.15, 0.2) is 22.7 Å². The molecule has 0 aliphatic rings. The number of ether oxygens (including phenoxy) is 2. The summed E-state index contributed by atoms with van der Waals surface area (Å²) < 4.78 is 12.2. The highest BCUT2D eigenvalue weighted by molar-refractivity contribution is 9.10. The Bertz CT molecular complexity index is 384. The van der Waals surface area contributed by atoms with E-state index in [1.165, 1.54) is 5.56 Å². The lowest BCUT2D eigenvalue weighted by Gasteiger charge is -2.18. The van der Waals surface area contributed by atoms with Crippen LogP contribution in [0, 0.1) is 0 Å². The smallest absolute Gasteiger partial charge is 0.134 e. The third-order valence-electron chi connectivity index (χ3n) is 2.85. The zero-order valence-electron chi connectivity index (χ0n) is 12.2. The zero-order valence-corrected chi connectivity index (χ0v) is 13.8. The molecule has 0 fully saturated rings. The number of benzene rings is 1. The summed E-state index contributed by atoms with van der Waals surface area (Å²) in [5, 5.41) is 3.40. The number of nitrogens with one attached hydrogen (secondary N) is 1. The molecule has 2 atom stereocenters. The minimum absolute atomic E-state index is 0.0493. The first-order valence-corrected chi connectivity index (χ1v) is 7.65. The maximum atomic E-state index is 5.85. The topological polar surface area (TPSA) is 30.5 Å². The van der Waals surface area contributed by atoms with E-state index in [-0.39, 0.29) is 6.10 Å². The van der Waals surface area contributed by atoms with Crippen molar-refractivity contribution in [2.75, 3.05) is 19.8 Å². The van der Waals surface area contributed by atoms with Crippen molar-refractivity contribution >= 4 is 15.9 Å². The Labute approximate surface area is 124 Å². The van der Waals surface area contributed by atoms with E-state index < -0.39 is 0 Å². The second kappa shape index (κ2) is 8.56. The Morgan fingerprint density at radius 1 is 1.26 bits per heavy atom. The molecule has 108 valence electrons. The molecule has 19 heavy (non-hydrogen) atoms. The van der Waals surface area contributed by atoms with Crippen molar-refractivity contribution in [3.05, 3.63) is 28.2 Å². The summed E-state index contributed by atoms with van der Waals surface area (Å²) in [6, 6.07) is 6.56. The summed E-state index contributed by atoms with van der Waals surface area (Å²) in [5.74, 6) is 0.861. The van der Waals surface area contributed by atoms with E-state index >= 15 is 0 Å². The van der Waals surface area contributed by atoms with Crippen LogP contribution >= 0.6 is 15.9 Å². The van der Waals surface area contributed by atoms with Crippen LogP contribution in [-0.4, -0.2) is 25.9 Å². The fourth-order valence-electron chi connectivity index (χ4n) is 1.84. The predicted molar refractivity (Wildman–Crippen MR) is 82.8 cm³/mol. The van der Waals surface area contributed by atoms with Gasteiger partial charge in [0, 0.05) is 12.6 Å². The molecule has 0 heterocycles. The molecular weight excluding hydrogens is 306 g/mol. The normalized spacial score (nSPS) is 14.2. The van der Waals surface area contributed by atoms with Crippen LogP contribution in [0.3, 0.4) is 0 Å². The van der Waals surface area contributed by atoms with E-state index in [2.05, 4.69) is 47.2 Å². The van der Waals surface area contributed by atoms with Crippen LogP contribution in [0.25, 0.3) is 0 Å². The summed E-state index contributed by atoms with van der Waals surface area (Å²) in [7, 11) is 0. The van der Waals surface area contributed by atoms with Gasteiger partial charge in [-0.1, -0.05) is 13.0 Å². The van der Waals surface area contributed by atoms with Crippen molar-refractivity contribution in [1.29, 1.82) is 0 Å². The molecule has 2 unspecified atom stereocenters. The van der Waals surface area contributed by atoms with Gasteiger partial charge in [-0.15, -0.1) is 0 Å². The van der Waals surface area contributed by atoms with Gasteiger partial charge >= 0.3 is 0 Å². The van der Waals surface area contributed by atoms with E-state index in [1.54, 1.807) is 0 Å². The molecule has 0 saturated carbocycles. The summed E-state index contributed by atoms with van der Waals surface area (Å²) in [4.78, 5) is 0. The maximum Gasteiger partial charge on any atom is 0.134 e. The monoisotopic (exact) mass is 329 g/mol. The summed E-state index contributed by atoms with van der Waals surface area (Å²) in [5.41, 5.74) is 1.25. The maximum absolute atomic E-state index is 5.85. The molecule has 0 saturated heterocycles. The zero-order chi connectivity index (χ0) is 14.3. The molecule has 0 spiro atoms. The first kappa shape index (κ1) is 16.5. The van der Waals surface area contributed by atoms with Gasteiger partial charge in [0.2, 0.25) is 0 Å². The summed E-state index contributed by atoms with van der Waals surface area (Å²) in [6.45, 7) is 10.5. The Hall–Kier alpha value is -0.580. The summed E-state index contributed by atoms with van der Waals surface area (Å²) in [6.07, 6.45) is 0.0493. The second-order valence-electron chi connectivity index (χ2n) is 4.56. The minimum Gasteiger partial charge on any atom is -0.487 e. The lowest BCUT2D eigenvalue weighted by Crippen LogP contribution is -2.20. The van der Waals surface area contributed by atoms with E-state index in [0.29, 0.717) is 19.3 Å². The van der Waals surface area contributed by atoms with Crippen LogP contribution in [0.1, 0.15) is 39.3 Å². The number of hydrogen-bond donors (Lipinski definition) is 1. The van der Waals surface area contributed by atoms with E-state index in [1.807, 2.05) is 19.9 Å². The highest BCUT2D eigenvalue weighted by atomic mass is 79.9. The van der Waals surface area contributed by atoms with Gasteiger partial charge in [0.15, 0.2) is 0 Å². The van der Waals surface area contributed by atoms with Gasteiger partial charge < -0.3 is 14.8 Å². The van der Waals surface area contributed by atoms with Gasteiger partial charge in [-0.3, -0.25) is 0 Å². The molecule has 0 aliphatic carbocycles. The van der Waals surface area contributed by atoms with Crippen LogP contribution < -0.4 is 10.1 Å². The Morgan fingerprint density at radius 2 is 2.00 bits per heavy atom. The van der Waals surface area contributed by atoms with Crippen molar-refractivity contribution in [1.82, 2.24) is 5.32 Å². The lowest BCUT2D eigenvalue weighted by molar-refractivity contribution is 0.0653. The Morgan fingerprint density at radius 3 is 2.58 bits per heavy atom. The van der Waals surface area contributed by atoms with Gasteiger partial charge in [0.25, 0.3) is 0 Å². The van der Waals surface area contributed by atoms with Crippen molar-refractivity contribution < 1.29 is 9.47 Å². The molecule has 1 aromatic carbocycles. The third-order valence-corrected chi connectivity index (χ3v) is 3.47. The number of hydrogen-bond acceptors (Lipinski definition) is 3. The first-order chi connectivity index (χ1) is 9.08. The Kier molecular flexibility index (Phi) is 7.42. The Balaban J connectivity index is 2.66. The lowest BCUT2D eigenvalue weighted by atomic mass is 10.1. The highest BCUT2D eigenvalue weighted by Crippen LogP contribution is 2.29. The second-order valence-corrected chi connectivity index (χ2v) is 5.41. The standard InChI is InChI=1S/C15H24BrNO2/c1-5-17-12(4)13-7-8-15(14(16)9-13)19-11(3)10-18-6-2/h7-9,11-12,17H,5-6,10H2,1-4H3. The quantitative estimate of drug-likeness (QED) is 0.784. The fourth-order valence-corrected chi connectivity index (χ4v) is 2.33. The van der Waals surface area contributed by atoms with Gasteiger partial charge in [-0.05, 0) is 60.9 Å². The van der Waals surface area contributed by atoms with E-state index in [0.717, 1.165) is 16.8 Å². The molecule has 3 nitrogen and oxygen atoms in total. The third kappa shape index (κ3) is 5.51. The van der Waals surface area contributed by atoms with Gasteiger partial charge in [-0.2, -0.15) is 0 Å². The van der Waals surface area contributed by atoms with Crippen LogP contribution in [0.2, 0.25) is 0 Å². The largest absolute Gasteiger partial charge is 0.487 e. The molecule has 0 bridgehead atoms. The van der Waals surface area contributed by atoms with Gasteiger partial charge in [0.05, 0.1) is 11.1 Å². The molecule has 1 N–H and O–H groups in total. The number of rotatable bonds is 8. The van der Waals surface area contributed by atoms with Gasteiger partial charge in [0.1, 0.15) is 11.9 Å². The van der Waals surface area contributed by atoms with Crippen LogP contribution in [0.5, 0.6) is 5.75 Å². The van der Waals surface area contributed by atoms with Crippen molar-refractivity contribution in [3.8, 4) is 5.75 Å².